The molecule has 1 atom stereocenters. The van der Waals surface area contributed by atoms with Gasteiger partial charge in [0.1, 0.15) is 5.82 Å². The first-order valence-electron chi connectivity index (χ1n) is 3.40. The van der Waals surface area contributed by atoms with Crippen molar-refractivity contribution in [2.45, 2.75) is 6.10 Å². The molecule has 1 aromatic carbocycles. The van der Waals surface area contributed by atoms with Crippen molar-refractivity contribution in [3.8, 4) is 0 Å². The molecule has 0 saturated heterocycles. The second-order valence-electron chi connectivity index (χ2n) is 2.38. The van der Waals surface area contributed by atoms with Gasteiger partial charge < -0.3 is 5.11 Å². The van der Waals surface area contributed by atoms with Crippen molar-refractivity contribution in [3.63, 3.8) is 0 Å². The third kappa shape index (κ3) is 2.06. The molecule has 0 spiro atoms. The van der Waals surface area contributed by atoms with E-state index >= 15 is 0 Å². The smallest absolute Gasteiger partial charge is 0.125 e. The summed E-state index contributed by atoms with van der Waals surface area (Å²) in [5.74, 6) is -0.460. The van der Waals surface area contributed by atoms with Gasteiger partial charge in [0.2, 0.25) is 0 Å². The van der Waals surface area contributed by atoms with Gasteiger partial charge in [0, 0.05) is 5.02 Å². The molecule has 0 aliphatic heterocycles. The lowest BCUT2D eigenvalue weighted by Crippen LogP contribution is -1.93. The molecule has 0 fully saturated rings. The maximum atomic E-state index is 12.7. The Bertz CT molecular complexity index is 278. The van der Waals surface area contributed by atoms with Crippen molar-refractivity contribution in [1.82, 2.24) is 0 Å². The largest absolute Gasteiger partial charge is 0.384 e. The minimum absolute atomic E-state index is 0.269. The van der Waals surface area contributed by atoms with E-state index < -0.39 is 11.9 Å². The quantitative estimate of drug-likeness (QED) is 0.705. The molecule has 1 unspecified atom stereocenters. The van der Waals surface area contributed by atoms with Crippen LogP contribution in [0.2, 0.25) is 5.02 Å². The summed E-state index contributed by atoms with van der Waals surface area (Å²) in [4.78, 5) is 0. The summed E-state index contributed by atoms with van der Waals surface area (Å²) in [7, 11) is 0. The van der Waals surface area contributed by atoms with E-state index in [-0.39, 0.29) is 5.02 Å². The Balaban J connectivity index is 3.08. The predicted molar refractivity (Wildman–Crippen MR) is 46.6 cm³/mol. The first-order chi connectivity index (χ1) is 5.63. The van der Waals surface area contributed by atoms with Crippen LogP contribution in [0.3, 0.4) is 0 Å². The average Bonchev–Trinajstić information content (AvgIpc) is 2.01. The SMILES string of the molecule is C=CC(O)c1cc(F)cc(Cl)c1. The number of benzene rings is 1. The first kappa shape index (κ1) is 9.23. The zero-order valence-electron chi connectivity index (χ0n) is 6.30. The van der Waals surface area contributed by atoms with Crippen LogP contribution in [-0.2, 0) is 0 Å². The van der Waals surface area contributed by atoms with Gasteiger partial charge in [-0.1, -0.05) is 17.7 Å². The summed E-state index contributed by atoms with van der Waals surface area (Å²) in [5, 5.41) is 9.50. The van der Waals surface area contributed by atoms with Gasteiger partial charge in [-0.25, -0.2) is 4.39 Å². The van der Waals surface area contributed by atoms with E-state index in [1.165, 1.54) is 24.3 Å². The molecule has 3 heteroatoms. The highest BCUT2D eigenvalue weighted by Crippen LogP contribution is 2.20. The Kier molecular flexibility index (Phi) is 2.84. The molecular formula is C9H8ClFO. The normalized spacial score (nSPS) is 12.6. The third-order valence-corrected chi connectivity index (χ3v) is 1.67. The maximum Gasteiger partial charge on any atom is 0.125 e. The number of halogens is 2. The van der Waals surface area contributed by atoms with Gasteiger partial charge in [0.25, 0.3) is 0 Å². The van der Waals surface area contributed by atoms with E-state index in [1.807, 2.05) is 0 Å². The van der Waals surface area contributed by atoms with E-state index in [4.69, 9.17) is 11.6 Å². The van der Waals surface area contributed by atoms with Crippen LogP contribution in [0, 0.1) is 5.82 Å². The van der Waals surface area contributed by atoms with Crippen LogP contribution in [-0.4, -0.2) is 5.11 Å². The lowest BCUT2D eigenvalue weighted by molar-refractivity contribution is 0.228. The highest BCUT2D eigenvalue weighted by molar-refractivity contribution is 6.30. The Morgan fingerprint density at radius 1 is 1.50 bits per heavy atom. The van der Waals surface area contributed by atoms with Crippen molar-refractivity contribution in [1.29, 1.82) is 0 Å². The molecule has 1 aromatic rings. The fourth-order valence-electron chi connectivity index (χ4n) is 0.882. The average molecular weight is 187 g/mol. The van der Waals surface area contributed by atoms with Crippen molar-refractivity contribution < 1.29 is 9.50 Å². The summed E-state index contributed by atoms with van der Waals surface area (Å²) >= 11 is 5.57. The van der Waals surface area contributed by atoms with Gasteiger partial charge in [-0.2, -0.15) is 0 Å². The van der Waals surface area contributed by atoms with Gasteiger partial charge in [-0.15, -0.1) is 6.58 Å². The molecule has 12 heavy (non-hydrogen) atoms. The van der Waals surface area contributed by atoms with E-state index in [2.05, 4.69) is 6.58 Å². The van der Waals surface area contributed by atoms with Crippen molar-refractivity contribution >= 4 is 11.6 Å². The van der Waals surface area contributed by atoms with Gasteiger partial charge in [-0.05, 0) is 23.8 Å². The standard InChI is InChI=1S/C9H8ClFO/c1-2-9(12)6-3-7(10)5-8(11)4-6/h2-5,9,12H,1H2. The summed E-state index contributed by atoms with van der Waals surface area (Å²) in [6.45, 7) is 3.38. The van der Waals surface area contributed by atoms with E-state index in [0.717, 1.165) is 0 Å². The van der Waals surface area contributed by atoms with Crippen LogP contribution >= 0.6 is 11.6 Å². The molecule has 1 nitrogen and oxygen atoms in total. The minimum atomic E-state index is -0.863. The Morgan fingerprint density at radius 2 is 2.17 bits per heavy atom. The molecule has 0 bridgehead atoms. The zero-order valence-corrected chi connectivity index (χ0v) is 7.05. The molecule has 64 valence electrons. The summed E-state index contributed by atoms with van der Waals surface area (Å²) in [5.41, 5.74) is 0.412. The topological polar surface area (TPSA) is 20.2 Å². The van der Waals surface area contributed by atoms with E-state index in [1.54, 1.807) is 0 Å². The molecule has 0 heterocycles. The van der Waals surface area contributed by atoms with Crippen LogP contribution in [0.1, 0.15) is 11.7 Å². The zero-order chi connectivity index (χ0) is 9.14. The van der Waals surface area contributed by atoms with Crippen molar-refractivity contribution in [2.75, 3.05) is 0 Å². The molecule has 0 aromatic heterocycles. The highest BCUT2D eigenvalue weighted by atomic mass is 35.5. The maximum absolute atomic E-state index is 12.7. The molecule has 0 saturated carbocycles. The Hall–Kier alpha value is -0.860. The molecule has 0 aliphatic carbocycles. The van der Waals surface area contributed by atoms with Crippen molar-refractivity contribution in [3.05, 3.63) is 47.3 Å². The second-order valence-corrected chi connectivity index (χ2v) is 2.82. The van der Waals surface area contributed by atoms with Crippen molar-refractivity contribution in [2.24, 2.45) is 0 Å². The molecule has 1 rings (SSSR count). The lowest BCUT2D eigenvalue weighted by Gasteiger charge is -2.05. The minimum Gasteiger partial charge on any atom is -0.384 e. The van der Waals surface area contributed by atoms with E-state index in [9.17, 15) is 9.50 Å². The van der Waals surface area contributed by atoms with Crippen LogP contribution in [0.15, 0.2) is 30.9 Å². The number of rotatable bonds is 2. The molecule has 1 N–H and O–H groups in total. The van der Waals surface area contributed by atoms with Gasteiger partial charge in [-0.3, -0.25) is 0 Å². The second kappa shape index (κ2) is 3.70. The predicted octanol–water partition coefficient (Wildman–Crippen LogP) is 2.70. The lowest BCUT2D eigenvalue weighted by atomic mass is 10.1. The molecule has 0 aliphatic rings. The summed E-state index contributed by atoms with van der Waals surface area (Å²) in [6.07, 6.45) is 0.448. The summed E-state index contributed by atoms with van der Waals surface area (Å²) < 4.78 is 12.7. The fraction of sp³-hybridized carbons (Fsp3) is 0.111. The number of hydrogen-bond donors (Lipinski definition) is 1. The Morgan fingerprint density at radius 3 is 2.67 bits per heavy atom. The van der Waals surface area contributed by atoms with E-state index in [0.29, 0.717) is 5.56 Å². The third-order valence-electron chi connectivity index (χ3n) is 1.45. The molecule has 0 radical (unpaired) electrons. The van der Waals surface area contributed by atoms with Crippen LogP contribution in [0.5, 0.6) is 0 Å². The van der Waals surface area contributed by atoms with Gasteiger partial charge in [0.05, 0.1) is 6.10 Å². The Labute approximate surface area is 75.1 Å². The first-order valence-corrected chi connectivity index (χ1v) is 3.78. The highest BCUT2D eigenvalue weighted by Gasteiger charge is 2.05. The molecule has 0 amide bonds. The monoisotopic (exact) mass is 186 g/mol. The number of hydrogen-bond acceptors (Lipinski definition) is 1. The van der Waals surface area contributed by atoms with Crippen LogP contribution in [0.25, 0.3) is 0 Å². The van der Waals surface area contributed by atoms with Gasteiger partial charge in [0.15, 0.2) is 0 Å². The van der Waals surface area contributed by atoms with Crippen LogP contribution in [0.4, 0.5) is 4.39 Å². The van der Waals surface area contributed by atoms with Gasteiger partial charge >= 0.3 is 0 Å². The molecular weight excluding hydrogens is 179 g/mol. The van der Waals surface area contributed by atoms with Crippen LogP contribution < -0.4 is 0 Å². The summed E-state index contributed by atoms with van der Waals surface area (Å²) in [6, 6.07) is 3.90. The fourth-order valence-corrected chi connectivity index (χ4v) is 1.11. The number of aliphatic hydroxyl groups excluding tert-OH is 1. The number of aliphatic hydroxyl groups is 1.